The second-order valence-electron chi connectivity index (χ2n) is 12.4. The summed E-state index contributed by atoms with van der Waals surface area (Å²) in [7, 11) is 0. The van der Waals surface area contributed by atoms with Gasteiger partial charge < -0.3 is 26.6 Å². The van der Waals surface area contributed by atoms with Crippen molar-refractivity contribution in [1.82, 2.24) is 30.8 Å². The van der Waals surface area contributed by atoms with E-state index in [4.69, 9.17) is 5.73 Å². The first-order valence-corrected chi connectivity index (χ1v) is 17.6. The van der Waals surface area contributed by atoms with E-state index >= 15 is 0 Å². The van der Waals surface area contributed by atoms with Crippen LogP contribution in [0.2, 0.25) is 0 Å². The van der Waals surface area contributed by atoms with Gasteiger partial charge in [0.2, 0.25) is 11.8 Å². The molecule has 5 N–H and O–H groups in total. The highest BCUT2D eigenvalue weighted by atomic mass is 32.1. The number of hydrogen-bond acceptors (Lipinski definition) is 9. The Morgan fingerprint density at radius 2 is 1.54 bits per heavy atom. The first-order chi connectivity index (χ1) is 22.0. The van der Waals surface area contributed by atoms with Gasteiger partial charge in [-0.25, -0.2) is 9.97 Å². The van der Waals surface area contributed by atoms with Crippen LogP contribution in [0.3, 0.4) is 0 Å². The van der Waals surface area contributed by atoms with Gasteiger partial charge in [0.15, 0.2) is 0 Å². The Balaban J connectivity index is 1.62. The van der Waals surface area contributed by atoms with Crippen molar-refractivity contribution in [2.75, 3.05) is 19.6 Å². The summed E-state index contributed by atoms with van der Waals surface area (Å²) in [6.45, 7) is 9.05. The van der Waals surface area contributed by atoms with E-state index in [1.165, 1.54) is 22.7 Å². The topological polar surface area (TPSA) is 159 Å². The Hall–Kier alpha value is -3.68. The normalized spacial score (nSPS) is 19.6. The van der Waals surface area contributed by atoms with Crippen LogP contribution in [0.1, 0.15) is 102 Å². The number of thiazole rings is 2. The Kier molecular flexibility index (Phi) is 12.8. The maximum atomic E-state index is 13.5. The van der Waals surface area contributed by atoms with Crippen molar-refractivity contribution in [3.63, 3.8) is 0 Å². The summed E-state index contributed by atoms with van der Waals surface area (Å²) in [5.41, 5.74) is 7.75. The molecular weight excluding hydrogens is 623 g/mol. The van der Waals surface area contributed by atoms with Gasteiger partial charge in [-0.15, -0.1) is 22.7 Å². The van der Waals surface area contributed by atoms with Gasteiger partial charge in [0.25, 0.3) is 11.8 Å². The molecule has 2 aromatic heterocycles. The zero-order valence-corrected chi connectivity index (χ0v) is 28.6. The number of nitrogens with one attached hydrogen (secondary N) is 3. The highest BCUT2D eigenvalue weighted by Crippen LogP contribution is 2.27. The van der Waals surface area contributed by atoms with Crippen LogP contribution in [0.25, 0.3) is 0 Å². The number of aromatic nitrogens is 2. The summed E-state index contributed by atoms with van der Waals surface area (Å²) in [4.78, 5) is 63.8. The summed E-state index contributed by atoms with van der Waals surface area (Å²) in [6.07, 6.45) is 2.33. The van der Waals surface area contributed by atoms with E-state index in [1.54, 1.807) is 15.7 Å². The highest BCUT2D eigenvalue weighted by molar-refractivity contribution is 7.10. The van der Waals surface area contributed by atoms with E-state index in [2.05, 4.69) is 39.8 Å². The SMILES string of the molecule is CC(C)CC1NC(=O)CCCN(C(=O)[C@@H](N)C(C)C)CCCNC(=O)c2csc(n2)[C@H](Cc2ccccc2)NC(=O)c2csc1n2. The van der Waals surface area contributed by atoms with Crippen molar-refractivity contribution in [1.29, 1.82) is 0 Å². The van der Waals surface area contributed by atoms with Crippen LogP contribution in [-0.4, -0.2) is 64.2 Å². The van der Waals surface area contributed by atoms with Crippen molar-refractivity contribution in [2.24, 2.45) is 17.6 Å². The number of rotatable bonds is 6. The average Bonchev–Trinajstić information content (AvgIpc) is 3.72. The molecule has 46 heavy (non-hydrogen) atoms. The molecule has 4 bridgehead atoms. The van der Waals surface area contributed by atoms with E-state index in [-0.39, 0.29) is 59.3 Å². The Morgan fingerprint density at radius 1 is 0.913 bits per heavy atom. The minimum absolute atomic E-state index is 0.0356. The molecule has 0 fully saturated rings. The molecule has 0 spiro atoms. The molecule has 4 rings (SSSR count). The molecule has 248 valence electrons. The Bertz CT molecular complexity index is 1470. The van der Waals surface area contributed by atoms with Gasteiger partial charge in [0, 0.05) is 36.8 Å². The van der Waals surface area contributed by atoms with Gasteiger partial charge in [0.1, 0.15) is 21.4 Å². The van der Waals surface area contributed by atoms with Gasteiger partial charge in [-0.05, 0) is 43.1 Å². The fourth-order valence-electron chi connectivity index (χ4n) is 5.17. The van der Waals surface area contributed by atoms with Gasteiger partial charge >= 0.3 is 0 Å². The van der Waals surface area contributed by atoms with E-state index in [1.807, 2.05) is 44.2 Å². The predicted molar refractivity (Wildman–Crippen MR) is 180 cm³/mol. The third kappa shape index (κ3) is 9.91. The molecule has 0 saturated heterocycles. The minimum atomic E-state index is -0.652. The van der Waals surface area contributed by atoms with Gasteiger partial charge in [0.05, 0.1) is 18.1 Å². The molecule has 3 atom stereocenters. The second-order valence-corrected chi connectivity index (χ2v) is 14.2. The number of carbonyl (C=O) groups is 4. The van der Waals surface area contributed by atoms with Crippen LogP contribution in [0.5, 0.6) is 0 Å². The Morgan fingerprint density at radius 3 is 2.20 bits per heavy atom. The molecule has 1 aliphatic rings. The fraction of sp³-hybridized carbons (Fsp3) is 0.515. The molecular formula is C33H45N7O4S2. The third-order valence-electron chi connectivity index (χ3n) is 7.77. The molecule has 0 radical (unpaired) electrons. The van der Waals surface area contributed by atoms with Crippen LogP contribution in [0, 0.1) is 11.8 Å². The molecule has 4 amide bonds. The first kappa shape index (κ1) is 35.2. The van der Waals surface area contributed by atoms with E-state index in [0.717, 1.165) is 5.56 Å². The van der Waals surface area contributed by atoms with Crippen molar-refractivity contribution in [3.05, 3.63) is 68.1 Å². The minimum Gasteiger partial charge on any atom is -0.351 e. The molecule has 0 saturated carbocycles. The van der Waals surface area contributed by atoms with Crippen molar-refractivity contribution in [3.8, 4) is 0 Å². The molecule has 0 aliphatic carbocycles. The summed E-state index contributed by atoms with van der Waals surface area (Å²) in [6, 6.07) is 8.28. The zero-order valence-electron chi connectivity index (χ0n) is 27.0. The number of amides is 4. The van der Waals surface area contributed by atoms with Crippen molar-refractivity contribution in [2.45, 2.75) is 77.9 Å². The Labute approximate surface area is 278 Å². The second kappa shape index (κ2) is 16.8. The van der Waals surface area contributed by atoms with Gasteiger partial charge in [-0.1, -0.05) is 58.0 Å². The van der Waals surface area contributed by atoms with E-state index < -0.39 is 12.1 Å². The summed E-state index contributed by atoms with van der Waals surface area (Å²) in [5.74, 6) is -0.753. The number of hydrogen-bond donors (Lipinski definition) is 4. The summed E-state index contributed by atoms with van der Waals surface area (Å²) >= 11 is 2.65. The number of carbonyl (C=O) groups excluding carboxylic acids is 4. The molecule has 1 unspecified atom stereocenters. The molecule has 11 nitrogen and oxygen atoms in total. The number of nitrogens with zero attached hydrogens (tertiary/aromatic N) is 3. The predicted octanol–water partition coefficient (Wildman–Crippen LogP) is 4.24. The number of fused-ring (bicyclic) bond motifs is 4. The van der Waals surface area contributed by atoms with Crippen LogP contribution in [0.15, 0.2) is 41.1 Å². The largest absolute Gasteiger partial charge is 0.351 e. The average molecular weight is 668 g/mol. The summed E-state index contributed by atoms with van der Waals surface area (Å²) < 4.78 is 0. The monoisotopic (exact) mass is 667 g/mol. The molecule has 1 aromatic carbocycles. The lowest BCUT2D eigenvalue weighted by Gasteiger charge is -2.27. The third-order valence-corrected chi connectivity index (χ3v) is 9.69. The first-order valence-electron chi connectivity index (χ1n) is 15.9. The quantitative estimate of drug-likeness (QED) is 0.306. The van der Waals surface area contributed by atoms with E-state index in [0.29, 0.717) is 55.3 Å². The van der Waals surface area contributed by atoms with Crippen LogP contribution >= 0.6 is 22.7 Å². The van der Waals surface area contributed by atoms with Crippen LogP contribution in [-0.2, 0) is 16.0 Å². The van der Waals surface area contributed by atoms with E-state index in [9.17, 15) is 19.2 Å². The zero-order chi connectivity index (χ0) is 33.2. The maximum absolute atomic E-state index is 13.5. The molecule has 1 aliphatic heterocycles. The molecule has 3 heterocycles. The molecule has 3 aromatic rings. The fourth-order valence-corrected chi connectivity index (χ4v) is 6.88. The lowest BCUT2D eigenvalue weighted by atomic mass is 10.0. The van der Waals surface area contributed by atoms with Gasteiger partial charge in [-0.3, -0.25) is 19.2 Å². The lowest BCUT2D eigenvalue weighted by Crippen LogP contribution is -2.47. The molecule has 13 heteroatoms. The van der Waals surface area contributed by atoms with Crippen molar-refractivity contribution < 1.29 is 19.2 Å². The highest BCUT2D eigenvalue weighted by Gasteiger charge is 2.27. The number of nitrogens with two attached hydrogens (primary N) is 1. The lowest BCUT2D eigenvalue weighted by molar-refractivity contribution is -0.134. The maximum Gasteiger partial charge on any atom is 0.271 e. The van der Waals surface area contributed by atoms with Gasteiger partial charge in [-0.2, -0.15) is 0 Å². The smallest absolute Gasteiger partial charge is 0.271 e. The summed E-state index contributed by atoms with van der Waals surface area (Å²) in [5, 5.41) is 13.8. The van der Waals surface area contributed by atoms with Crippen LogP contribution < -0.4 is 21.7 Å². The van der Waals surface area contributed by atoms with Crippen LogP contribution in [0.4, 0.5) is 0 Å². The number of benzene rings is 1. The standard InChI is InChI=1S/C33H45N7O4S2/c1-20(2)16-23-31-39-26(19-46-31)30(43)37-24(17-22-10-6-5-7-11-22)32-38-25(18-45-32)29(42)35-13-9-15-40(14-8-12-27(41)36-23)33(44)28(34)21(3)4/h5-7,10-11,18-21,23-24,28H,8-9,12-17,34H2,1-4H3,(H,35,42)(H,36,41)(H,37,43)/t23?,24-,28-/m0/s1. The van der Waals surface area contributed by atoms with Crippen molar-refractivity contribution >= 4 is 46.3 Å².